The molecular weight excluding hydrogens is 475 g/mol. The predicted molar refractivity (Wildman–Crippen MR) is 122 cm³/mol. The highest BCUT2D eigenvalue weighted by molar-refractivity contribution is 14.0. The average molecular weight is 508 g/mol. The van der Waals surface area contributed by atoms with Gasteiger partial charge in [-0.3, -0.25) is 4.90 Å². The van der Waals surface area contributed by atoms with Gasteiger partial charge in [0.05, 0.1) is 41.1 Å². The summed E-state index contributed by atoms with van der Waals surface area (Å²) in [6.45, 7) is 8.71. The summed E-state index contributed by atoms with van der Waals surface area (Å²) >= 11 is 0. The molecule has 2 N–H and O–H groups in total. The van der Waals surface area contributed by atoms with Crippen LogP contribution in [-0.2, 0) is 11.3 Å². The summed E-state index contributed by atoms with van der Waals surface area (Å²) in [6.07, 6.45) is 0. The lowest BCUT2D eigenvalue weighted by Gasteiger charge is -2.26. The van der Waals surface area contributed by atoms with Gasteiger partial charge in [0.2, 0.25) is 0 Å². The highest BCUT2D eigenvalue weighted by Crippen LogP contribution is 2.34. The van der Waals surface area contributed by atoms with E-state index < -0.39 is 0 Å². The molecule has 0 saturated carbocycles. The summed E-state index contributed by atoms with van der Waals surface area (Å²) in [6, 6.07) is 3.72. The molecule has 1 aromatic carbocycles. The van der Waals surface area contributed by atoms with E-state index in [1.165, 1.54) is 0 Å². The van der Waals surface area contributed by atoms with Gasteiger partial charge in [0.25, 0.3) is 0 Å². The molecule has 0 atom stereocenters. The van der Waals surface area contributed by atoms with E-state index >= 15 is 0 Å². The third kappa shape index (κ3) is 7.51. The Hall–Kier alpha value is -1.46. The average Bonchev–Trinajstić information content (AvgIpc) is 2.72. The molecule has 1 aliphatic heterocycles. The minimum absolute atomic E-state index is 0. The van der Waals surface area contributed by atoms with E-state index in [2.05, 4.69) is 27.4 Å². The van der Waals surface area contributed by atoms with E-state index in [4.69, 9.17) is 18.9 Å². The Bertz CT molecular complexity index is 610. The number of benzene rings is 1. The number of nitrogens with zero attached hydrogens (tertiary/aromatic N) is 2. The number of hydrogen-bond acceptors (Lipinski definition) is 6. The molecule has 0 unspecified atom stereocenters. The van der Waals surface area contributed by atoms with Gasteiger partial charge in [-0.2, -0.15) is 0 Å². The minimum Gasteiger partial charge on any atom is -0.496 e. The zero-order valence-electron chi connectivity index (χ0n) is 17.2. The van der Waals surface area contributed by atoms with E-state index in [9.17, 15) is 0 Å². The highest BCUT2D eigenvalue weighted by Gasteiger charge is 2.12. The fourth-order valence-corrected chi connectivity index (χ4v) is 2.88. The predicted octanol–water partition coefficient (Wildman–Crippen LogP) is 1.72. The van der Waals surface area contributed by atoms with Crippen LogP contribution in [0.4, 0.5) is 0 Å². The molecule has 1 heterocycles. The van der Waals surface area contributed by atoms with Crippen molar-refractivity contribution in [2.45, 2.75) is 13.5 Å². The number of guanidine groups is 1. The third-order valence-corrected chi connectivity index (χ3v) is 4.36. The van der Waals surface area contributed by atoms with Crippen molar-refractivity contribution in [1.29, 1.82) is 0 Å². The van der Waals surface area contributed by atoms with Crippen LogP contribution in [0.25, 0.3) is 0 Å². The molecule has 8 nitrogen and oxygen atoms in total. The molecule has 0 aliphatic carbocycles. The molecule has 1 saturated heterocycles. The smallest absolute Gasteiger partial charge is 0.191 e. The first-order valence-electron chi connectivity index (χ1n) is 9.33. The Kier molecular flexibility index (Phi) is 12.0. The van der Waals surface area contributed by atoms with Gasteiger partial charge in [0, 0.05) is 44.4 Å². The molecule has 2 rings (SSSR count). The topological polar surface area (TPSA) is 76.6 Å². The second-order valence-corrected chi connectivity index (χ2v) is 6.09. The van der Waals surface area contributed by atoms with Crippen molar-refractivity contribution in [1.82, 2.24) is 15.5 Å². The first-order valence-corrected chi connectivity index (χ1v) is 9.33. The van der Waals surface area contributed by atoms with Crippen LogP contribution in [0.15, 0.2) is 17.1 Å². The van der Waals surface area contributed by atoms with Crippen molar-refractivity contribution < 1.29 is 18.9 Å². The van der Waals surface area contributed by atoms with Gasteiger partial charge >= 0.3 is 0 Å². The molecule has 1 aromatic rings. The maximum Gasteiger partial charge on any atom is 0.191 e. The van der Waals surface area contributed by atoms with Gasteiger partial charge in [0.1, 0.15) is 5.75 Å². The number of morpholine rings is 1. The van der Waals surface area contributed by atoms with Crippen molar-refractivity contribution in [2.75, 3.05) is 67.3 Å². The fraction of sp³-hybridized carbons (Fsp3) is 0.632. The Balaban J connectivity index is 0.00000392. The lowest BCUT2D eigenvalue weighted by atomic mass is 10.1. The molecule has 0 aromatic heterocycles. The second kappa shape index (κ2) is 13.7. The number of hydrogen-bond donors (Lipinski definition) is 2. The number of methoxy groups -OCH3 is 3. The Morgan fingerprint density at radius 2 is 1.68 bits per heavy atom. The molecule has 0 amide bonds. The molecule has 28 heavy (non-hydrogen) atoms. The fourth-order valence-electron chi connectivity index (χ4n) is 2.88. The summed E-state index contributed by atoms with van der Waals surface area (Å²) in [7, 11) is 4.87. The monoisotopic (exact) mass is 508 g/mol. The first-order chi connectivity index (χ1) is 13.2. The minimum atomic E-state index is 0. The van der Waals surface area contributed by atoms with Crippen LogP contribution >= 0.6 is 24.0 Å². The summed E-state index contributed by atoms with van der Waals surface area (Å²) in [5, 5.41) is 6.66. The van der Waals surface area contributed by atoms with Gasteiger partial charge in [-0.05, 0) is 13.0 Å². The van der Waals surface area contributed by atoms with Crippen molar-refractivity contribution >= 4 is 29.9 Å². The maximum absolute atomic E-state index is 5.48. The van der Waals surface area contributed by atoms with Crippen LogP contribution in [-0.4, -0.2) is 78.1 Å². The first kappa shape index (κ1) is 24.6. The molecule has 0 radical (unpaired) electrons. The Labute approximate surface area is 185 Å². The number of aliphatic imine (C=N–C) groups is 1. The second-order valence-electron chi connectivity index (χ2n) is 6.09. The number of rotatable bonds is 9. The van der Waals surface area contributed by atoms with E-state index in [0.29, 0.717) is 18.0 Å². The molecule has 9 heteroatoms. The summed E-state index contributed by atoms with van der Waals surface area (Å²) in [5.41, 5.74) is 0.931. The number of ether oxygens (including phenoxy) is 4. The van der Waals surface area contributed by atoms with Crippen molar-refractivity contribution in [3.05, 3.63) is 17.7 Å². The molecule has 1 aliphatic rings. The van der Waals surface area contributed by atoms with Gasteiger partial charge in [-0.15, -0.1) is 24.0 Å². The van der Waals surface area contributed by atoms with Gasteiger partial charge in [-0.1, -0.05) is 0 Å². The Morgan fingerprint density at radius 1 is 1.04 bits per heavy atom. The van der Waals surface area contributed by atoms with Crippen LogP contribution in [0.5, 0.6) is 17.2 Å². The van der Waals surface area contributed by atoms with Crippen molar-refractivity contribution in [2.24, 2.45) is 4.99 Å². The summed E-state index contributed by atoms with van der Waals surface area (Å²) in [4.78, 5) is 7.07. The van der Waals surface area contributed by atoms with Gasteiger partial charge in [-0.25, -0.2) is 4.99 Å². The standard InChI is InChI=1S/C19H32N4O4.HI/c1-5-20-19(21-6-7-23-8-10-27-11-9-23)22-14-15-12-17(25-3)18(26-4)13-16(15)24-2;/h12-13H,5-11,14H2,1-4H3,(H2,20,21,22);1H. The molecule has 160 valence electrons. The van der Waals surface area contributed by atoms with Gasteiger partial charge < -0.3 is 29.6 Å². The van der Waals surface area contributed by atoms with E-state index in [1.807, 2.05) is 12.1 Å². The normalized spacial score (nSPS) is 14.8. The van der Waals surface area contributed by atoms with Crippen molar-refractivity contribution in [3.63, 3.8) is 0 Å². The van der Waals surface area contributed by atoms with Crippen LogP contribution in [0, 0.1) is 0 Å². The third-order valence-electron chi connectivity index (χ3n) is 4.36. The molecular formula is C19H33IN4O4. The zero-order valence-corrected chi connectivity index (χ0v) is 19.6. The van der Waals surface area contributed by atoms with Crippen LogP contribution in [0.3, 0.4) is 0 Å². The van der Waals surface area contributed by atoms with E-state index in [0.717, 1.165) is 63.2 Å². The van der Waals surface area contributed by atoms with Gasteiger partial charge in [0.15, 0.2) is 17.5 Å². The van der Waals surface area contributed by atoms with Crippen LogP contribution < -0.4 is 24.8 Å². The Morgan fingerprint density at radius 3 is 2.29 bits per heavy atom. The maximum atomic E-state index is 5.48. The lowest BCUT2D eigenvalue weighted by molar-refractivity contribution is 0.0389. The molecule has 0 bridgehead atoms. The quantitative estimate of drug-likeness (QED) is 0.299. The zero-order chi connectivity index (χ0) is 19.5. The van der Waals surface area contributed by atoms with Crippen LogP contribution in [0.1, 0.15) is 12.5 Å². The van der Waals surface area contributed by atoms with E-state index in [1.54, 1.807) is 21.3 Å². The molecule has 1 fully saturated rings. The highest BCUT2D eigenvalue weighted by atomic mass is 127. The number of halogens is 1. The molecule has 0 spiro atoms. The number of nitrogens with one attached hydrogen (secondary N) is 2. The van der Waals surface area contributed by atoms with Crippen molar-refractivity contribution in [3.8, 4) is 17.2 Å². The largest absolute Gasteiger partial charge is 0.496 e. The SMILES string of the molecule is CCNC(=NCc1cc(OC)c(OC)cc1OC)NCCN1CCOCC1.I. The van der Waals surface area contributed by atoms with E-state index in [-0.39, 0.29) is 24.0 Å². The lowest BCUT2D eigenvalue weighted by Crippen LogP contribution is -2.44. The summed E-state index contributed by atoms with van der Waals surface area (Å²) < 4.78 is 21.6. The summed E-state index contributed by atoms with van der Waals surface area (Å²) in [5.74, 6) is 2.80. The van der Waals surface area contributed by atoms with Crippen LogP contribution in [0.2, 0.25) is 0 Å².